The number of amides is 1. The van der Waals surface area contributed by atoms with Gasteiger partial charge in [0, 0.05) is 5.39 Å². The SMILES string of the molecule is COc1ccccc1NC(=O)c1sc2nc[nH]c(=S)c2c1C. The Balaban J connectivity index is 2.01. The Morgan fingerprint density at radius 2 is 2.18 bits per heavy atom. The van der Waals surface area contributed by atoms with E-state index in [1.165, 1.54) is 11.3 Å². The zero-order valence-corrected chi connectivity index (χ0v) is 13.6. The van der Waals surface area contributed by atoms with E-state index >= 15 is 0 Å². The van der Waals surface area contributed by atoms with Gasteiger partial charge in [0.2, 0.25) is 0 Å². The van der Waals surface area contributed by atoms with Gasteiger partial charge < -0.3 is 15.0 Å². The molecule has 0 unspecified atom stereocenters. The number of anilines is 1. The number of rotatable bonds is 3. The van der Waals surface area contributed by atoms with Crippen molar-refractivity contribution in [1.29, 1.82) is 0 Å². The van der Waals surface area contributed by atoms with Crippen molar-refractivity contribution >= 4 is 45.4 Å². The van der Waals surface area contributed by atoms with Gasteiger partial charge in [-0.05, 0) is 24.6 Å². The summed E-state index contributed by atoms with van der Waals surface area (Å²) in [7, 11) is 1.57. The number of aromatic nitrogens is 2. The standard InChI is InChI=1S/C15H13N3O2S2/c1-8-11-14(21)16-7-17-15(11)22-12(8)13(19)18-9-5-3-4-6-10(9)20-2/h3-7H,1-2H3,(H,18,19)(H,16,17,21). The van der Waals surface area contributed by atoms with Crippen molar-refractivity contribution in [3.05, 3.63) is 45.7 Å². The van der Waals surface area contributed by atoms with E-state index in [4.69, 9.17) is 17.0 Å². The van der Waals surface area contributed by atoms with Crippen molar-refractivity contribution in [1.82, 2.24) is 9.97 Å². The third-order valence-electron chi connectivity index (χ3n) is 3.29. The first-order valence-corrected chi connectivity index (χ1v) is 7.75. The summed E-state index contributed by atoms with van der Waals surface area (Å²) in [6, 6.07) is 7.28. The van der Waals surface area contributed by atoms with Gasteiger partial charge in [0.25, 0.3) is 5.91 Å². The molecule has 2 N–H and O–H groups in total. The molecule has 0 spiro atoms. The van der Waals surface area contributed by atoms with Crippen LogP contribution in [0.25, 0.3) is 10.2 Å². The fourth-order valence-corrected chi connectivity index (χ4v) is 3.64. The molecular formula is C15H13N3O2S2. The summed E-state index contributed by atoms with van der Waals surface area (Å²) in [6.07, 6.45) is 1.54. The summed E-state index contributed by atoms with van der Waals surface area (Å²) >= 11 is 6.60. The predicted octanol–water partition coefficient (Wildman–Crippen LogP) is 3.92. The number of benzene rings is 1. The number of aromatic amines is 1. The maximum absolute atomic E-state index is 12.6. The summed E-state index contributed by atoms with van der Waals surface area (Å²) in [5, 5.41) is 3.70. The first-order valence-electron chi connectivity index (χ1n) is 6.53. The van der Waals surface area contributed by atoms with Crippen LogP contribution in [-0.4, -0.2) is 23.0 Å². The van der Waals surface area contributed by atoms with Crippen LogP contribution in [0.15, 0.2) is 30.6 Å². The van der Waals surface area contributed by atoms with E-state index in [1.807, 2.05) is 19.1 Å². The molecule has 112 valence electrons. The molecule has 7 heteroatoms. The lowest BCUT2D eigenvalue weighted by molar-refractivity contribution is 0.102. The number of aryl methyl sites for hydroxylation is 1. The largest absolute Gasteiger partial charge is 0.495 e. The number of H-pyrrole nitrogens is 1. The van der Waals surface area contributed by atoms with Gasteiger partial charge in [0.1, 0.15) is 15.2 Å². The molecule has 0 saturated carbocycles. The molecule has 0 aliphatic carbocycles. The zero-order chi connectivity index (χ0) is 15.7. The van der Waals surface area contributed by atoms with E-state index in [0.717, 1.165) is 15.8 Å². The Morgan fingerprint density at radius 1 is 1.41 bits per heavy atom. The number of ether oxygens (including phenoxy) is 1. The highest BCUT2D eigenvalue weighted by Gasteiger charge is 2.18. The zero-order valence-electron chi connectivity index (χ0n) is 12.0. The number of para-hydroxylation sites is 2. The van der Waals surface area contributed by atoms with E-state index in [2.05, 4.69) is 15.3 Å². The maximum Gasteiger partial charge on any atom is 0.266 e. The van der Waals surface area contributed by atoms with Gasteiger partial charge in [0.15, 0.2) is 0 Å². The van der Waals surface area contributed by atoms with Crippen LogP contribution < -0.4 is 10.1 Å². The van der Waals surface area contributed by atoms with Gasteiger partial charge in [-0.2, -0.15) is 0 Å². The van der Waals surface area contributed by atoms with Crippen molar-refractivity contribution in [2.45, 2.75) is 6.92 Å². The smallest absolute Gasteiger partial charge is 0.266 e. The topological polar surface area (TPSA) is 67.0 Å². The van der Waals surface area contributed by atoms with Gasteiger partial charge in [-0.1, -0.05) is 24.4 Å². The Bertz CT molecular complexity index is 915. The molecule has 22 heavy (non-hydrogen) atoms. The number of nitrogens with zero attached hydrogens (tertiary/aromatic N) is 1. The van der Waals surface area contributed by atoms with Crippen LogP contribution >= 0.6 is 23.6 Å². The van der Waals surface area contributed by atoms with E-state index in [0.29, 0.717) is 21.0 Å². The van der Waals surface area contributed by atoms with Gasteiger partial charge in [0.05, 0.1) is 24.0 Å². The highest BCUT2D eigenvalue weighted by molar-refractivity contribution is 7.71. The minimum atomic E-state index is -0.195. The van der Waals surface area contributed by atoms with E-state index < -0.39 is 0 Å². The minimum absolute atomic E-state index is 0.195. The van der Waals surface area contributed by atoms with Crippen LogP contribution in [0.4, 0.5) is 5.69 Å². The van der Waals surface area contributed by atoms with Gasteiger partial charge >= 0.3 is 0 Å². The third-order valence-corrected chi connectivity index (χ3v) is 4.81. The van der Waals surface area contributed by atoms with Crippen molar-refractivity contribution in [2.75, 3.05) is 12.4 Å². The molecule has 0 atom stereocenters. The molecule has 1 aromatic carbocycles. The van der Waals surface area contributed by atoms with Crippen LogP contribution in [0.1, 0.15) is 15.2 Å². The number of fused-ring (bicyclic) bond motifs is 1. The molecule has 1 amide bonds. The van der Waals surface area contributed by atoms with Crippen molar-refractivity contribution < 1.29 is 9.53 Å². The number of hydrogen-bond acceptors (Lipinski definition) is 5. The molecule has 0 saturated heterocycles. The van der Waals surface area contributed by atoms with E-state index in [9.17, 15) is 4.79 Å². The second-order valence-electron chi connectivity index (χ2n) is 4.62. The monoisotopic (exact) mass is 331 g/mol. The van der Waals surface area contributed by atoms with Crippen LogP contribution in [0.2, 0.25) is 0 Å². The average molecular weight is 331 g/mol. The summed E-state index contributed by atoms with van der Waals surface area (Å²) in [4.78, 5) is 21.0. The summed E-state index contributed by atoms with van der Waals surface area (Å²) < 4.78 is 5.84. The molecule has 2 aromatic heterocycles. The van der Waals surface area contributed by atoms with Crippen molar-refractivity contribution in [3.63, 3.8) is 0 Å². The Labute approximate surface area is 136 Å². The maximum atomic E-state index is 12.6. The van der Waals surface area contributed by atoms with Crippen LogP contribution in [0, 0.1) is 11.6 Å². The fourth-order valence-electron chi connectivity index (χ4n) is 2.22. The van der Waals surface area contributed by atoms with Crippen molar-refractivity contribution in [3.8, 4) is 5.75 Å². The normalized spacial score (nSPS) is 10.6. The lowest BCUT2D eigenvalue weighted by Crippen LogP contribution is -2.12. The third kappa shape index (κ3) is 2.49. The molecule has 5 nitrogen and oxygen atoms in total. The number of methoxy groups -OCH3 is 1. The van der Waals surface area contributed by atoms with Crippen molar-refractivity contribution in [2.24, 2.45) is 0 Å². The number of carbonyl (C=O) groups is 1. The lowest BCUT2D eigenvalue weighted by atomic mass is 10.2. The first kappa shape index (κ1) is 14.7. The molecular weight excluding hydrogens is 318 g/mol. The first-order chi connectivity index (χ1) is 10.6. The van der Waals surface area contributed by atoms with Gasteiger partial charge in [-0.3, -0.25) is 4.79 Å². The van der Waals surface area contributed by atoms with Crippen LogP contribution in [0.5, 0.6) is 5.75 Å². The molecule has 3 rings (SSSR count). The molecule has 0 bridgehead atoms. The number of hydrogen-bond donors (Lipinski definition) is 2. The number of nitrogens with one attached hydrogen (secondary N) is 2. The molecule has 2 heterocycles. The van der Waals surface area contributed by atoms with Crippen LogP contribution in [0.3, 0.4) is 0 Å². The molecule has 3 aromatic rings. The summed E-state index contributed by atoms with van der Waals surface area (Å²) in [5.74, 6) is 0.421. The Hall–Kier alpha value is -2.25. The summed E-state index contributed by atoms with van der Waals surface area (Å²) in [6.45, 7) is 1.88. The fraction of sp³-hybridized carbons (Fsp3) is 0.133. The Morgan fingerprint density at radius 3 is 2.91 bits per heavy atom. The van der Waals surface area contributed by atoms with E-state index in [1.54, 1.807) is 25.6 Å². The number of carbonyl (C=O) groups excluding carboxylic acids is 1. The summed E-state index contributed by atoms with van der Waals surface area (Å²) in [5.41, 5.74) is 1.46. The van der Waals surface area contributed by atoms with E-state index in [-0.39, 0.29) is 5.91 Å². The number of thiophene rings is 1. The van der Waals surface area contributed by atoms with Gasteiger partial charge in [-0.25, -0.2) is 4.98 Å². The quantitative estimate of drug-likeness (QED) is 0.714. The molecule has 0 fully saturated rings. The second-order valence-corrected chi connectivity index (χ2v) is 6.03. The average Bonchev–Trinajstić information content (AvgIpc) is 2.86. The highest BCUT2D eigenvalue weighted by atomic mass is 32.1. The Kier molecular flexibility index (Phi) is 3.91. The van der Waals surface area contributed by atoms with Crippen LogP contribution in [-0.2, 0) is 0 Å². The highest BCUT2D eigenvalue weighted by Crippen LogP contribution is 2.31. The second kappa shape index (κ2) is 5.86. The molecule has 0 aliphatic rings. The predicted molar refractivity (Wildman–Crippen MR) is 90.5 cm³/mol. The lowest BCUT2D eigenvalue weighted by Gasteiger charge is -2.09. The minimum Gasteiger partial charge on any atom is -0.495 e. The molecule has 0 aliphatic heterocycles. The van der Waals surface area contributed by atoms with Gasteiger partial charge in [-0.15, -0.1) is 11.3 Å². The molecule has 0 radical (unpaired) electrons.